The normalized spacial score (nSPS) is 14.9. The van der Waals surface area contributed by atoms with Crippen molar-refractivity contribution in [1.29, 1.82) is 31.6 Å². The maximum absolute atomic E-state index is 9.85. The summed E-state index contributed by atoms with van der Waals surface area (Å²) in [7, 11) is 0. The van der Waals surface area contributed by atoms with Crippen molar-refractivity contribution in [1.82, 2.24) is 0 Å². The number of hydrogen-bond acceptors (Lipinski definition) is 7. The highest BCUT2D eigenvalue weighted by molar-refractivity contribution is 5.97. The number of allylic oxidation sites excluding steroid dienone is 9. The van der Waals surface area contributed by atoms with Gasteiger partial charge in [0.1, 0.15) is 53.1 Å². The van der Waals surface area contributed by atoms with Crippen molar-refractivity contribution in [3.8, 4) is 36.4 Å². The summed E-state index contributed by atoms with van der Waals surface area (Å²) in [5.41, 5.74) is 16.5. The van der Waals surface area contributed by atoms with Crippen LogP contribution in [-0.4, -0.2) is 0 Å². The van der Waals surface area contributed by atoms with E-state index in [1.165, 1.54) is 0 Å². The zero-order valence-electron chi connectivity index (χ0n) is 34.3. The number of hydrogen-bond donors (Lipinski definition) is 0. The zero-order chi connectivity index (χ0) is 44.2. The minimum atomic E-state index is 0.0951. The first-order chi connectivity index (χ1) is 31.4. The molecule has 0 bridgehead atoms. The average Bonchev–Trinajstić information content (AvgIpc) is 4.00. The molecule has 0 saturated carbocycles. The van der Waals surface area contributed by atoms with Crippen molar-refractivity contribution in [3.05, 3.63) is 229 Å². The molecular formula is C57H33N7. The van der Waals surface area contributed by atoms with Gasteiger partial charge >= 0.3 is 0 Å². The molecule has 0 aliphatic heterocycles. The van der Waals surface area contributed by atoms with Gasteiger partial charge in [0.2, 0.25) is 0 Å². The molecule has 0 aromatic heterocycles. The maximum atomic E-state index is 9.85. The number of rotatable bonds is 6. The summed E-state index contributed by atoms with van der Waals surface area (Å²) >= 11 is 0. The Labute approximate surface area is 371 Å². The van der Waals surface area contributed by atoms with E-state index in [1.807, 2.05) is 127 Å². The minimum Gasteiger partial charge on any atom is -0.311 e. The van der Waals surface area contributed by atoms with Crippen LogP contribution in [0.2, 0.25) is 0 Å². The van der Waals surface area contributed by atoms with Gasteiger partial charge in [0.05, 0.1) is 0 Å². The Bertz CT molecular complexity index is 2970. The van der Waals surface area contributed by atoms with E-state index in [9.17, 15) is 31.6 Å². The molecule has 0 spiro atoms. The molecule has 0 saturated heterocycles. The van der Waals surface area contributed by atoms with Crippen LogP contribution in [0, 0.1) is 68.0 Å². The highest BCUT2D eigenvalue weighted by Gasteiger charge is 2.27. The highest BCUT2D eigenvalue weighted by Crippen LogP contribution is 2.43. The van der Waals surface area contributed by atoms with Gasteiger partial charge in [-0.1, -0.05) is 127 Å². The van der Waals surface area contributed by atoms with Crippen molar-refractivity contribution in [3.63, 3.8) is 0 Å². The van der Waals surface area contributed by atoms with E-state index in [-0.39, 0.29) is 16.7 Å². The SMILES string of the molecule is N#CC(C#N)=C1/C(=C/c2ccc(N(c3ccc(/C=C4\Cc5ccccc5C4=C(C#N)C#N)cc3)c3ccc(/C=C4\Cc5ccccc5C4=C(C#N)C#N)cc3)cc2)Cc2ccccc21. The predicted octanol–water partition coefficient (Wildman–Crippen LogP) is 12.5. The van der Waals surface area contributed by atoms with Crippen LogP contribution in [0.5, 0.6) is 0 Å². The van der Waals surface area contributed by atoms with Gasteiger partial charge in [0, 0.05) is 33.8 Å². The third kappa shape index (κ3) is 7.36. The Morgan fingerprint density at radius 1 is 0.344 bits per heavy atom. The van der Waals surface area contributed by atoms with Gasteiger partial charge in [-0.3, -0.25) is 0 Å². The van der Waals surface area contributed by atoms with E-state index >= 15 is 0 Å². The number of nitrogens with zero attached hydrogens (tertiary/aromatic N) is 7. The molecule has 3 aliphatic carbocycles. The van der Waals surface area contributed by atoms with Crippen molar-refractivity contribution >= 4 is 52.0 Å². The molecule has 0 unspecified atom stereocenters. The predicted molar refractivity (Wildman–Crippen MR) is 250 cm³/mol. The number of fused-ring (bicyclic) bond motifs is 3. The van der Waals surface area contributed by atoms with Gasteiger partial charge in [0.15, 0.2) is 0 Å². The van der Waals surface area contributed by atoms with E-state index in [2.05, 4.69) is 77.7 Å². The average molecular weight is 816 g/mol. The second-order valence-corrected chi connectivity index (χ2v) is 15.5. The molecule has 0 amide bonds. The van der Waals surface area contributed by atoms with Crippen molar-refractivity contribution in [2.24, 2.45) is 0 Å². The van der Waals surface area contributed by atoms with E-state index in [4.69, 9.17) is 0 Å². The Kier molecular flexibility index (Phi) is 10.8. The van der Waals surface area contributed by atoms with Crippen molar-refractivity contribution in [2.45, 2.75) is 19.3 Å². The molecule has 0 heterocycles. The standard InChI is InChI=1S/C57H33N7/c58-31-46(32-59)55-43(28-40-7-1-4-10-52(40)55)25-37-13-19-49(20-14-37)64(50-21-15-38(16-22-50)26-44-29-41-8-2-5-11-53(41)56(44)47(33-60)34-61)51-23-17-39(18-24-51)27-45-30-42-9-3-6-12-54(42)57(45)48(35-62)36-63/h1-27H,28-30H2/b43-25+,44-26+,45-27+. The zero-order valence-corrected chi connectivity index (χ0v) is 34.3. The first-order valence-corrected chi connectivity index (χ1v) is 20.6. The highest BCUT2D eigenvalue weighted by atomic mass is 15.1. The minimum absolute atomic E-state index is 0.0951. The second-order valence-electron chi connectivity index (χ2n) is 15.5. The van der Waals surface area contributed by atoms with Gasteiger partial charge < -0.3 is 4.90 Å². The molecule has 7 nitrogen and oxygen atoms in total. The van der Waals surface area contributed by atoms with Gasteiger partial charge in [-0.15, -0.1) is 0 Å². The van der Waals surface area contributed by atoms with Crippen LogP contribution in [0.3, 0.4) is 0 Å². The van der Waals surface area contributed by atoms with Crippen molar-refractivity contribution < 1.29 is 0 Å². The molecule has 64 heavy (non-hydrogen) atoms. The number of anilines is 3. The van der Waals surface area contributed by atoms with Crippen LogP contribution in [0.1, 0.15) is 50.1 Å². The van der Waals surface area contributed by atoms with Gasteiger partial charge in [-0.2, -0.15) is 31.6 Å². The summed E-state index contributed by atoms with van der Waals surface area (Å²) in [6, 6.07) is 60.8. The lowest BCUT2D eigenvalue weighted by Crippen LogP contribution is -2.09. The Morgan fingerprint density at radius 2 is 0.594 bits per heavy atom. The summed E-state index contributed by atoms with van der Waals surface area (Å²) in [5, 5.41) is 59.1. The van der Waals surface area contributed by atoms with Crippen LogP contribution in [0.15, 0.2) is 179 Å². The Morgan fingerprint density at radius 3 is 0.844 bits per heavy atom. The lowest BCUT2D eigenvalue weighted by molar-refractivity contribution is 1.27. The van der Waals surface area contributed by atoms with Crippen LogP contribution in [-0.2, 0) is 19.3 Å². The molecule has 9 rings (SSSR count). The molecule has 7 heteroatoms. The fraction of sp³-hybridized carbons (Fsp3) is 0.0526. The van der Waals surface area contributed by atoms with Gasteiger partial charge in [0.25, 0.3) is 0 Å². The van der Waals surface area contributed by atoms with Crippen molar-refractivity contribution in [2.75, 3.05) is 4.90 Å². The third-order valence-corrected chi connectivity index (χ3v) is 11.9. The van der Waals surface area contributed by atoms with E-state index in [1.54, 1.807) is 0 Å². The summed E-state index contributed by atoms with van der Waals surface area (Å²) in [5.74, 6) is 0. The lowest BCUT2D eigenvalue weighted by Gasteiger charge is -2.26. The largest absolute Gasteiger partial charge is 0.311 e. The third-order valence-electron chi connectivity index (χ3n) is 11.9. The Hall–Kier alpha value is -9.50. The fourth-order valence-corrected chi connectivity index (χ4v) is 9.03. The van der Waals surface area contributed by atoms with Crippen LogP contribution >= 0.6 is 0 Å². The molecule has 3 aliphatic rings. The van der Waals surface area contributed by atoms with Crippen LogP contribution < -0.4 is 4.90 Å². The quantitative estimate of drug-likeness (QED) is 0.152. The van der Waals surface area contributed by atoms with Gasteiger partial charge in [-0.05, 0) is 122 Å². The summed E-state index contributed by atoms with van der Waals surface area (Å²) in [4.78, 5) is 2.16. The molecule has 296 valence electrons. The molecular weight excluding hydrogens is 783 g/mol. The first-order valence-electron chi connectivity index (χ1n) is 20.6. The molecule has 0 radical (unpaired) electrons. The number of nitriles is 6. The van der Waals surface area contributed by atoms with E-state index < -0.39 is 0 Å². The van der Waals surface area contributed by atoms with Crippen LogP contribution in [0.4, 0.5) is 17.1 Å². The smallest absolute Gasteiger partial charge is 0.137 e. The van der Waals surface area contributed by atoms with E-state index in [0.29, 0.717) is 36.0 Å². The second kappa shape index (κ2) is 17.2. The summed E-state index contributed by atoms with van der Waals surface area (Å²) in [6.45, 7) is 0. The van der Waals surface area contributed by atoms with Gasteiger partial charge in [-0.25, -0.2) is 0 Å². The molecule has 0 fully saturated rings. The molecule has 6 aromatic rings. The maximum Gasteiger partial charge on any atom is 0.137 e. The van der Waals surface area contributed by atoms with E-state index in [0.717, 1.165) is 83.9 Å². The fourth-order valence-electron chi connectivity index (χ4n) is 9.03. The molecule has 0 N–H and O–H groups in total. The first kappa shape index (κ1) is 39.9. The topological polar surface area (TPSA) is 146 Å². The lowest BCUT2D eigenvalue weighted by atomic mass is 9.98. The number of benzene rings is 6. The summed E-state index contributed by atoms with van der Waals surface area (Å²) < 4.78 is 0. The monoisotopic (exact) mass is 815 g/mol. The summed E-state index contributed by atoms with van der Waals surface area (Å²) in [6.07, 6.45) is 7.99. The molecule has 0 atom stereocenters. The Balaban J connectivity index is 1.09. The van der Waals surface area contributed by atoms with Crippen LogP contribution in [0.25, 0.3) is 34.9 Å². The molecule has 6 aromatic carbocycles.